The van der Waals surface area contributed by atoms with Crippen LogP contribution in [0.5, 0.6) is 0 Å². The lowest BCUT2D eigenvalue weighted by Crippen LogP contribution is -2.20. The minimum Gasteiger partial charge on any atom is -0.294 e. The number of sulfonamides is 1. The van der Waals surface area contributed by atoms with E-state index < -0.39 is 15.8 Å². The molecule has 0 amide bonds. The van der Waals surface area contributed by atoms with Crippen LogP contribution >= 0.6 is 0 Å². The van der Waals surface area contributed by atoms with Crippen molar-refractivity contribution >= 4 is 10.0 Å². The molecule has 1 aromatic heterocycles. The zero-order valence-electron chi connectivity index (χ0n) is 10.4. The van der Waals surface area contributed by atoms with Crippen LogP contribution in [0.1, 0.15) is 19.9 Å². The predicted octanol–water partition coefficient (Wildman–Crippen LogP) is 1.31. The number of nitrogens with two attached hydrogens (primary N) is 1. The Balaban J connectivity index is 2.74. The number of nitrogens with zero attached hydrogens (tertiary/aromatic N) is 3. The molecule has 0 saturated carbocycles. The van der Waals surface area contributed by atoms with Gasteiger partial charge in [-0.2, -0.15) is 0 Å². The van der Waals surface area contributed by atoms with E-state index in [1.807, 2.05) is 0 Å². The molecule has 0 aliphatic carbocycles. The van der Waals surface area contributed by atoms with Gasteiger partial charge in [0.1, 0.15) is 5.82 Å². The SMILES string of the molecule is CC(C)n1c(-c2ccccc2F)nnc1S(N)(=O)=O. The molecule has 8 heteroatoms. The molecule has 0 spiro atoms. The summed E-state index contributed by atoms with van der Waals surface area (Å²) in [4.78, 5) is 0. The molecule has 0 fully saturated rings. The van der Waals surface area contributed by atoms with E-state index in [1.54, 1.807) is 19.9 Å². The van der Waals surface area contributed by atoms with Crippen LogP contribution in [0.3, 0.4) is 0 Å². The molecular weight excluding hydrogens is 271 g/mol. The fourth-order valence-electron chi connectivity index (χ4n) is 1.76. The number of hydrogen-bond acceptors (Lipinski definition) is 4. The van der Waals surface area contributed by atoms with Gasteiger partial charge in [0, 0.05) is 6.04 Å². The summed E-state index contributed by atoms with van der Waals surface area (Å²) in [5.41, 5.74) is 0.179. The highest BCUT2D eigenvalue weighted by Crippen LogP contribution is 2.25. The Morgan fingerprint density at radius 2 is 1.89 bits per heavy atom. The first-order valence-electron chi connectivity index (χ1n) is 5.55. The Morgan fingerprint density at radius 1 is 1.26 bits per heavy atom. The zero-order valence-corrected chi connectivity index (χ0v) is 11.2. The fourth-order valence-corrected chi connectivity index (χ4v) is 2.49. The van der Waals surface area contributed by atoms with Crippen LogP contribution in [0.2, 0.25) is 0 Å². The van der Waals surface area contributed by atoms with Crippen molar-refractivity contribution in [2.24, 2.45) is 5.14 Å². The Labute approximate surface area is 110 Å². The number of aromatic nitrogens is 3. The molecule has 2 N–H and O–H groups in total. The molecule has 0 aliphatic rings. The van der Waals surface area contributed by atoms with E-state index in [0.717, 1.165) is 0 Å². The van der Waals surface area contributed by atoms with E-state index in [9.17, 15) is 12.8 Å². The number of benzene rings is 1. The molecule has 2 rings (SSSR count). The van der Waals surface area contributed by atoms with E-state index in [1.165, 1.54) is 22.8 Å². The summed E-state index contributed by atoms with van der Waals surface area (Å²) in [5, 5.41) is 12.0. The first kappa shape index (κ1) is 13.6. The van der Waals surface area contributed by atoms with Crippen LogP contribution in [0, 0.1) is 5.82 Å². The number of hydrogen-bond donors (Lipinski definition) is 1. The maximum absolute atomic E-state index is 13.8. The van der Waals surface area contributed by atoms with Crippen LogP contribution in [0.4, 0.5) is 4.39 Å². The second-order valence-electron chi connectivity index (χ2n) is 4.29. The van der Waals surface area contributed by atoms with Crippen molar-refractivity contribution in [1.29, 1.82) is 0 Å². The van der Waals surface area contributed by atoms with Crippen molar-refractivity contribution in [2.45, 2.75) is 25.0 Å². The number of halogens is 1. The van der Waals surface area contributed by atoms with Gasteiger partial charge in [-0.05, 0) is 26.0 Å². The van der Waals surface area contributed by atoms with Crippen molar-refractivity contribution in [3.8, 4) is 11.4 Å². The summed E-state index contributed by atoms with van der Waals surface area (Å²) in [6.45, 7) is 3.48. The van der Waals surface area contributed by atoms with Gasteiger partial charge in [-0.3, -0.25) is 4.57 Å². The maximum Gasteiger partial charge on any atom is 0.273 e. The Kier molecular flexibility index (Phi) is 3.38. The Bertz CT molecular complexity index is 709. The summed E-state index contributed by atoms with van der Waals surface area (Å²) in [5.74, 6) is -0.366. The van der Waals surface area contributed by atoms with Crippen LogP contribution in [0.15, 0.2) is 29.4 Å². The molecular formula is C11H13FN4O2S. The minimum atomic E-state index is -4.01. The quantitative estimate of drug-likeness (QED) is 0.920. The average Bonchev–Trinajstić information content (AvgIpc) is 2.73. The first-order chi connectivity index (χ1) is 8.82. The minimum absolute atomic E-state index is 0.136. The number of primary sulfonamides is 1. The van der Waals surface area contributed by atoms with Crippen molar-refractivity contribution in [3.63, 3.8) is 0 Å². The Morgan fingerprint density at radius 3 is 2.42 bits per heavy atom. The van der Waals surface area contributed by atoms with Gasteiger partial charge in [0.2, 0.25) is 0 Å². The van der Waals surface area contributed by atoms with Gasteiger partial charge in [0.15, 0.2) is 5.82 Å². The molecule has 19 heavy (non-hydrogen) atoms. The lowest BCUT2D eigenvalue weighted by atomic mass is 10.2. The van der Waals surface area contributed by atoms with Crippen molar-refractivity contribution in [3.05, 3.63) is 30.1 Å². The van der Waals surface area contributed by atoms with Crippen LogP contribution in [-0.4, -0.2) is 23.2 Å². The molecule has 0 saturated heterocycles. The van der Waals surface area contributed by atoms with Crippen molar-refractivity contribution < 1.29 is 12.8 Å². The van der Waals surface area contributed by atoms with Crippen LogP contribution in [-0.2, 0) is 10.0 Å². The highest BCUT2D eigenvalue weighted by molar-refractivity contribution is 7.89. The maximum atomic E-state index is 13.8. The van der Waals surface area contributed by atoms with Gasteiger partial charge in [-0.1, -0.05) is 12.1 Å². The second kappa shape index (κ2) is 4.71. The standard InChI is InChI=1S/C11H13FN4O2S/c1-7(2)16-10(8-5-3-4-6-9(8)12)14-15-11(16)19(13,17)18/h3-7H,1-2H3,(H2,13,17,18). The summed E-state index contributed by atoms with van der Waals surface area (Å²) in [6, 6.07) is 5.67. The summed E-state index contributed by atoms with van der Waals surface area (Å²) in [6.07, 6.45) is 0. The number of rotatable bonds is 3. The summed E-state index contributed by atoms with van der Waals surface area (Å²) < 4.78 is 38.0. The third kappa shape index (κ3) is 2.49. The van der Waals surface area contributed by atoms with Gasteiger partial charge in [0.25, 0.3) is 15.2 Å². The normalized spacial score (nSPS) is 12.1. The van der Waals surface area contributed by atoms with E-state index in [0.29, 0.717) is 0 Å². The zero-order chi connectivity index (χ0) is 14.2. The molecule has 6 nitrogen and oxygen atoms in total. The molecule has 1 aromatic carbocycles. The predicted molar refractivity (Wildman–Crippen MR) is 67.2 cm³/mol. The molecule has 0 radical (unpaired) electrons. The largest absolute Gasteiger partial charge is 0.294 e. The summed E-state index contributed by atoms with van der Waals surface area (Å²) >= 11 is 0. The first-order valence-corrected chi connectivity index (χ1v) is 7.09. The van der Waals surface area contributed by atoms with Gasteiger partial charge in [0.05, 0.1) is 5.56 Å². The molecule has 0 bridgehead atoms. The van der Waals surface area contributed by atoms with Crippen molar-refractivity contribution in [2.75, 3.05) is 0 Å². The third-order valence-corrected chi connectivity index (χ3v) is 3.34. The Hall–Kier alpha value is -1.80. The van der Waals surface area contributed by atoms with E-state index in [-0.39, 0.29) is 22.6 Å². The highest BCUT2D eigenvalue weighted by atomic mass is 32.2. The monoisotopic (exact) mass is 284 g/mol. The van der Waals surface area contributed by atoms with Crippen LogP contribution in [0.25, 0.3) is 11.4 Å². The van der Waals surface area contributed by atoms with Gasteiger partial charge in [-0.25, -0.2) is 17.9 Å². The van der Waals surface area contributed by atoms with Crippen molar-refractivity contribution in [1.82, 2.24) is 14.8 Å². The average molecular weight is 284 g/mol. The topological polar surface area (TPSA) is 90.9 Å². The van der Waals surface area contributed by atoms with E-state index >= 15 is 0 Å². The van der Waals surface area contributed by atoms with Gasteiger partial charge in [-0.15, -0.1) is 10.2 Å². The molecule has 1 heterocycles. The summed E-state index contributed by atoms with van der Waals surface area (Å²) in [7, 11) is -4.01. The molecule has 0 aliphatic heterocycles. The van der Waals surface area contributed by atoms with E-state index in [4.69, 9.17) is 5.14 Å². The van der Waals surface area contributed by atoms with Gasteiger partial charge >= 0.3 is 0 Å². The fraction of sp³-hybridized carbons (Fsp3) is 0.273. The molecule has 0 atom stereocenters. The third-order valence-electron chi connectivity index (χ3n) is 2.55. The lowest BCUT2D eigenvalue weighted by molar-refractivity contribution is 0.523. The van der Waals surface area contributed by atoms with Gasteiger partial charge < -0.3 is 0 Å². The molecule has 2 aromatic rings. The lowest BCUT2D eigenvalue weighted by Gasteiger charge is -2.13. The smallest absolute Gasteiger partial charge is 0.273 e. The van der Waals surface area contributed by atoms with Crippen LogP contribution < -0.4 is 5.14 Å². The highest BCUT2D eigenvalue weighted by Gasteiger charge is 2.24. The van der Waals surface area contributed by atoms with E-state index in [2.05, 4.69) is 10.2 Å². The second-order valence-corrected chi connectivity index (χ2v) is 5.75. The molecule has 102 valence electrons. The molecule has 0 unspecified atom stereocenters.